The number of aliphatic hydroxyl groups is 2. The SMILES string of the molecule is COC1CC(C[C@H](C)[C@@H]2CC(=O)[C@H](C)/C=C(\C)C(O)[C@@H](OC)C(=O)[C@H](C)C[C@H](C)/C=C/C=C/C=C(\C)[C@@H](OC)C[C@@H]3CC[C@@H](C)[C@@](O)(O3)C(=O)C(=O)N3CCCC[C@H]3C(=O)O2)CCC1OC1CCCOC1. The van der Waals surface area contributed by atoms with Crippen molar-refractivity contribution in [1.82, 2.24) is 4.90 Å². The van der Waals surface area contributed by atoms with Crippen molar-refractivity contribution in [2.75, 3.05) is 41.1 Å². The van der Waals surface area contributed by atoms with Crippen molar-refractivity contribution in [2.24, 2.45) is 35.5 Å². The molecule has 15 nitrogen and oxygen atoms in total. The van der Waals surface area contributed by atoms with E-state index in [0.29, 0.717) is 63.5 Å². The van der Waals surface area contributed by atoms with Crippen molar-refractivity contribution in [2.45, 2.75) is 199 Å². The number of hydrogen-bond donors (Lipinski definition) is 2. The van der Waals surface area contributed by atoms with E-state index in [1.165, 1.54) is 12.0 Å². The highest BCUT2D eigenvalue weighted by Gasteiger charge is 2.53. The van der Waals surface area contributed by atoms with Crippen molar-refractivity contribution in [3.05, 3.63) is 47.6 Å². The molecule has 400 valence electrons. The lowest BCUT2D eigenvalue weighted by Gasteiger charge is -2.42. The van der Waals surface area contributed by atoms with E-state index in [0.717, 1.165) is 37.9 Å². The van der Waals surface area contributed by atoms with Gasteiger partial charge in [-0.3, -0.25) is 19.2 Å². The number of nitrogens with zero attached hydrogens (tertiary/aromatic N) is 1. The number of Topliss-reactive ketones (excluding diaryl/α,β-unsaturated/α-hetero) is 3. The number of ketones is 3. The van der Waals surface area contributed by atoms with Gasteiger partial charge in [0, 0.05) is 65.1 Å². The van der Waals surface area contributed by atoms with E-state index in [1.807, 2.05) is 58.1 Å². The summed E-state index contributed by atoms with van der Waals surface area (Å²) in [6.45, 7) is 14.2. The molecule has 0 aromatic rings. The molecule has 5 unspecified atom stereocenters. The molecule has 5 rings (SSSR count). The number of ether oxygens (including phenoxy) is 7. The fourth-order valence-corrected chi connectivity index (χ4v) is 11.3. The van der Waals surface area contributed by atoms with Gasteiger partial charge in [0.15, 0.2) is 5.78 Å². The van der Waals surface area contributed by atoms with E-state index >= 15 is 0 Å². The van der Waals surface area contributed by atoms with Gasteiger partial charge in [-0.15, -0.1) is 0 Å². The minimum Gasteiger partial charge on any atom is -0.460 e. The molecule has 1 amide bonds. The van der Waals surface area contributed by atoms with E-state index < -0.39 is 77.8 Å². The number of carbonyl (C=O) groups is 5. The third-order valence-corrected chi connectivity index (χ3v) is 15.9. The zero-order chi connectivity index (χ0) is 52.0. The van der Waals surface area contributed by atoms with Crippen LogP contribution in [-0.4, -0.2) is 146 Å². The van der Waals surface area contributed by atoms with Gasteiger partial charge in [0.05, 0.1) is 37.1 Å². The average Bonchev–Trinajstić information content (AvgIpc) is 3.36. The monoisotopic (exact) mass is 998 g/mol. The number of rotatable bonds is 8. The molecule has 1 aliphatic carbocycles. The Hall–Kier alpha value is -3.41. The molecule has 16 atom stereocenters. The molecular weight excluding hydrogens is 911 g/mol. The van der Waals surface area contributed by atoms with Crippen LogP contribution < -0.4 is 0 Å². The van der Waals surface area contributed by atoms with Crippen LogP contribution in [0.3, 0.4) is 0 Å². The standard InChI is InChI=1S/C56H87NO14/c1-34-17-12-11-13-18-35(2)47(65-8)31-42-23-21-40(7)56(64,71-42)53(61)54(62)57-25-15-14-20-44(57)55(63)70-48(32-45(58)36(3)28-39(6)51(60)52(67-10)50(59)38(5)27-34)37(4)29-41-22-24-46(49(30-41)66-9)69-43-19-16-26-68-33-43/h11-13,17-18,28,34,36-38,40-44,46-49,51-52,60,64H,14-16,19-27,29-33H2,1-10H3/b13-11+,17-12+,35-18+,39-28+/t34-,36-,37+,38-,40-,41?,42+,43?,44+,46?,47+,48+,49?,51?,52+,56-/m1/s1. The molecule has 0 aromatic carbocycles. The van der Waals surface area contributed by atoms with Gasteiger partial charge in [-0.1, -0.05) is 71.1 Å². The first-order valence-electron chi connectivity index (χ1n) is 26.5. The second-order valence-electron chi connectivity index (χ2n) is 21.5. The zero-order valence-electron chi connectivity index (χ0n) is 44.4. The maximum absolute atomic E-state index is 14.6. The summed E-state index contributed by atoms with van der Waals surface area (Å²) in [6, 6.07) is -1.13. The van der Waals surface area contributed by atoms with E-state index in [9.17, 15) is 34.2 Å². The first-order chi connectivity index (χ1) is 33.8. The van der Waals surface area contributed by atoms with Gasteiger partial charge in [-0.2, -0.15) is 0 Å². The van der Waals surface area contributed by atoms with Crippen molar-refractivity contribution in [1.29, 1.82) is 0 Å². The number of aliphatic hydroxyl groups excluding tert-OH is 1. The van der Waals surface area contributed by atoms with Gasteiger partial charge in [0.1, 0.15) is 30.1 Å². The minimum atomic E-state index is -2.43. The van der Waals surface area contributed by atoms with Crippen LogP contribution in [-0.2, 0) is 57.1 Å². The third kappa shape index (κ3) is 15.8. The Kier molecular flexibility index (Phi) is 22.9. The van der Waals surface area contributed by atoms with Crippen molar-refractivity contribution >= 4 is 29.2 Å². The van der Waals surface area contributed by atoms with Crippen LogP contribution in [0.4, 0.5) is 0 Å². The highest BCUT2D eigenvalue weighted by Crippen LogP contribution is 2.38. The fourth-order valence-electron chi connectivity index (χ4n) is 11.3. The summed E-state index contributed by atoms with van der Waals surface area (Å²) in [5.74, 6) is -7.80. The Morgan fingerprint density at radius 1 is 0.831 bits per heavy atom. The summed E-state index contributed by atoms with van der Waals surface area (Å²) in [4.78, 5) is 72.5. The molecule has 4 aliphatic heterocycles. The molecule has 15 heteroatoms. The van der Waals surface area contributed by atoms with Crippen molar-refractivity contribution in [3.8, 4) is 0 Å². The Balaban J connectivity index is 1.44. The van der Waals surface area contributed by atoms with E-state index in [4.69, 9.17) is 33.2 Å². The maximum Gasteiger partial charge on any atom is 0.329 e. The van der Waals surface area contributed by atoms with Crippen molar-refractivity contribution < 1.29 is 67.3 Å². The molecule has 3 saturated heterocycles. The Bertz CT molecular complexity index is 1910. The van der Waals surface area contributed by atoms with Gasteiger partial charge in [-0.05, 0) is 120 Å². The van der Waals surface area contributed by atoms with Gasteiger partial charge in [0.25, 0.3) is 11.7 Å². The first-order valence-corrected chi connectivity index (χ1v) is 26.5. The number of carbonyl (C=O) groups excluding carboxylic acids is 5. The van der Waals surface area contributed by atoms with Gasteiger partial charge in [0.2, 0.25) is 5.79 Å². The highest BCUT2D eigenvalue weighted by atomic mass is 16.6. The van der Waals surface area contributed by atoms with Crippen LogP contribution in [0.15, 0.2) is 47.6 Å². The molecule has 1 saturated carbocycles. The maximum atomic E-state index is 14.6. The van der Waals surface area contributed by atoms with Crippen LogP contribution in [0.25, 0.3) is 0 Å². The smallest absolute Gasteiger partial charge is 0.329 e. The second-order valence-corrected chi connectivity index (χ2v) is 21.5. The Labute approximate surface area is 423 Å². The van der Waals surface area contributed by atoms with Crippen LogP contribution in [0.1, 0.15) is 138 Å². The number of allylic oxidation sites excluding steroid dienone is 6. The molecule has 5 aliphatic rings. The lowest BCUT2D eigenvalue weighted by molar-refractivity contribution is -0.265. The van der Waals surface area contributed by atoms with Gasteiger partial charge >= 0.3 is 5.97 Å². The lowest BCUT2D eigenvalue weighted by atomic mass is 9.78. The second kappa shape index (κ2) is 27.8. The van der Waals surface area contributed by atoms with Crippen LogP contribution in [0.5, 0.6) is 0 Å². The lowest BCUT2D eigenvalue weighted by Crippen LogP contribution is -2.61. The molecule has 4 heterocycles. The highest BCUT2D eigenvalue weighted by molar-refractivity contribution is 6.39. The molecule has 4 fully saturated rings. The van der Waals surface area contributed by atoms with Crippen LogP contribution in [0.2, 0.25) is 0 Å². The molecule has 2 N–H and O–H groups in total. The van der Waals surface area contributed by atoms with E-state index in [2.05, 4.69) is 0 Å². The number of methoxy groups -OCH3 is 3. The first kappa shape index (κ1) is 58.5. The largest absolute Gasteiger partial charge is 0.460 e. The minimum absolute atomic E-state index is 0.0203. The van der Waals surface area contributed by atoms with E-state index in [-0.39, 0.29) is 67.0 Å². The molecule has 0 radical (unpaired) electrons. The Morgan fingerprint density at radius 3 is 2.28 bits per heavy atom. The van der Waals surface area contributed by atoms with Crippen LogP contribution >= 0.6 is 0 Å². The van der Waals surface area contributed by atoms with Crippen molar-refractivity contribution in [3.63, 3.8) is 0 Å². The number of esters is 1. The summed E-state index contributed by atoms with van der Waals surface area (Å²) in [7, 11) is 4.67. The average molecular weight is 998 g/mol. The molecule has 71 heavy (non-hydrogen) atoms. The molecule has 0 spiro atoms. The molecule has 0 aromatic heterocycles. The third-order valence-electron chi connectivity index (χ3n) is 15.9. The summed E-state index contributed by atoms with van der Waals surface area (Å²) >= 11 is 0. The summed E-state index contributed by atoms with van der Waals surface area (Å²) in [6.07, 6.45) is 14.5. The fraction of sp³-hybridized carbons (Fsp3) is 0.768. The summed E-state index contributed by atoms with van der Waals surface area (Å²) < 4.78 is 42.2. The number of cyclic esters (lactones) is 1. The summed E-state index contributed by atoms with van der Waals surface area (Å²) in [5.41, 5.74) is 1.28. The number of piperidine rings is 1. The quantitative estimate of drug-likeness (QED) is 0.139. The predicted octanol–water partition coefficient (Wildman–Crippen LogP) is 7.38. The molecule has 2 bridgehead atoms. The number of hydrogen-bond acceptors (Lipinski definition) is 14. The van der Waals surface area contributed by atoms with Crippen LogP contribution in [0, 0.1) is 35.5 Å². The number of amides is 1. The topological polar surface area (TPSA) is 194 Å². The Morgan fingerprint density at radius 2 is 1.59 bits per heavy atom. The normalized spacial score (nSPS) is 40.3. The zero-order valence-corrected chi connectivity index (χ0v) is 44.4. The summed E-state index contributed by atoms with van der Waals surface area (Å²) in [5, 5.41) is 23.5. The molecular formula is C56H87NO14. The van der Waals surface area contributed by atoms with Gasteiger partial charge in [-0.25, -0.2) is 4.79 Å². The predicted molar refractivity (Wildman–Crippen MR) is 268 cm³/mol. The number of fused-ring (bicyclic) bond motifs is 3. The van der Waals surface area contributed by atoms with E-state index in [1.54, 1.807) is 41.1 Å². The van der Waals surface area contributed by atoms with Gasteiger partial charge < -0.3 is 48.3 Å².